The zero-order chi connectivity index (χ0) is 30.1. The topological polar surface area (TPSA) is 75.5 Å². The van der Waals surface area contributed by atoms with E-state index < -0.39 is 10.0 Å². The van der Waals surface area contributed by atoms with Gasteiger partial charge in [-0.3, -0.25) is 9.69 Å². The standard InChI is InChI=1S/C33H32N4O3S3/c1-23-16-18-35(19-17-23)43(39,40)29-15-9-12-26(20-29)31-27(22-36(34-31)28-13-7-4-8-14-28)21-30-32(38)37(33(41)42-30)24(2)25-10-5-3-6-11-25/h3-15,20-24H,16-19H2,1-2H3/b30-21-. The van der Waals surface area contributed by atoms with Gasteiger partial charge in [0.15, 0.2) is 0 Å². The molecule has 0 spiro atoms. The van der Waals surface area contributed by atoms with Crippen molar-refractivity contribution in [2.45, 2.75) is 37.6 Å². The highest BCUT2D eigenvalue weighted by molar-refractivity contribution is 8.26. The van der Waals surface area contributed by atoms with E-state index in [1.54, 1.807) is 32.1 Å². The molecule has 220 valence electrons. The second-order valence-electron chi connectivity index (χ2n) is 11.0. The van der Waals surface area contributed by atoms with Crippen LogP contribution in [0.4, 0.5) is 0 Å². The predicted molar refractivity (Wildman–Crippen MR) is 176 cm³/mol. The average molecular weight is 629 g/mol. The number of sulfonamides is 1. The molecule has 3 aromatic carbocycles. The second-order valence-corrected chi connectivity index (χ2v) is 14.6. The summed E-state index contributed by atoms with van der Waals surface area (Å²) >= 11 is 6.92. The largest absolute Gasteiger partial charge is 0.286 e. The Morgan fingerprint density at radius 3 is 2.35 bits per heavy atom. The van der Waals surface area contributed by atoms with Gasteiger partial charge in [-0.1, -0.05) is 91.6 Å². The molecule has 43 heavy (non-hydrogen) atoms. The van der Waals surface area contributed by atoms with E-state index in [-0.39, 0.29) is 16.8 Å². The first-order chi connectivity index (χ1) is 20.7. The van der Waals surface area contributed by atoms with Crippen LogP contribution in [-0.4, -0.2) is 50.7 Å². The van der Waals surface area contributed by atoms with Crippen LogP contribution in [0.15, 0.2) is 101 Å². The first kappa shape index (κ1) is 29.5. The maximum atomic E-state index is 13.7. The summed E-state index contributed by atoms with van der Waals surface area (Å²) < 4.78 is 31.0. The highest BCUT2D eigenvalue weighted by Gasteiger charge is 2.36. The Labute approximate surface area is 262 Å². The maximum absolute atomic E-state index is 13.7. The van der Waals surface area contributed by atoms with Crippen molar-refractivity contribution in [2.24, 2.45) is 5.92 Å². The van der Waals surface area contributed by atoms with Crippen LogP contribution in [0.3, 0.4) is 0 Å². The maximum Gasteiger partial charge on any atom is 0.266 e. The Balaban J connectivity index is 1.39. The molecule has 0 N–H and O–H groups in total. The van der Waals surface area contributed by atoms with Crippen molar-refractivity contribution >= 4 is 50.3 Å². The second kappa shape index (κ2) is 12.2. The van der Waals surface area contributed by atoms with E-state index in [1.165, 1.54) is 11.8 Å². The van der Waals surface area contributed by atoms with Crippen LogP contribution in [0.25, 0.3) is 23.0 Å². The lowest BCUT2D eigenvalue weighted by Crippen LogP contribution is -2.37. The quantitative estimate of drug-likeness (QED) is 0.163. The summed E-state index contributed by atoms with van der Waals surface area (Å²) in [6.07, 6.45) is 5.38. The molecule has 6 rings (SSSR count). The minimum absolute atomic E-state index is 0.166. The molecule has 2 fully saturated rings. The number of hydrogen-bond acceptors (Lipinski definition) is 6. The van der Waals surface area contributed by atoms with Gasteiger partial charge in [-0.2, -0.15) is 9.40 Å². The number of amides is 1. The van der Waals surface area contributed by atoms with Crippen molar-refractivity contribution in [2.75, 3.05) is 13.1 Å². The minimum Gasteiger partial charge on any atom is -0.286 e. The minimum atomic E-state index is -3.65. The lowest BCUT2D eigenvalue weighted by atomic mass is 10.0. The number of carbonyl (C=O) groups excluding carboxylic acids is 1. The lowest BCUT2D eigenvalue weighted by Gasteiger charge is -2.29. The summed E-state index contributed by atoms with van der Waals surface area (Å²) in [7, 11) is -3.65. The molecule has 1 unspecified atom stereocenters. The van der Waals surface area contributed by atoms with Gasteiger partial charge in [0, 0.05) is 30.4 Å². The van der Waals surface area contributed by atoms with E-state index in [1.807, 2.05) is 85.9 Å². The molecule has 2 saturated heterocycles. The van der Waals surface area contributed by atoms with Crippen LogP contribution < -0.4 is 0 Å². The summed E-state index contributed by atoms with van der Waals surface area (Å²) in [5.74, 6) is 0.353. The molecule has 0 radical (unpaired) electrons. The van der Waals surface area contributed by atoms with Gasteiger partial charge in [-0.25, -0.2) is 13.1 Å². The Kier molecular flexibility index (Phi) is 8.37. The third-order valence-electron chi connectivity index (χ3n) is 8.03. The summed E-state index contributed by atoms with van der Waals surface area (Å²) in [5.41, 5.74) is 3.77. The molecule has 0 bridgehead atoms. The van der Waals surface area contributed by atoms with Gasteiger partial charge in [0.1, 0.15) is 10.0 Å². The number of piperidine rings is 1. The van der Waals surface area contributed by atoms with Crippen molar-refractivity contribution in [3.8, 4) is 16.9 Å². The Morgan fingerprint density at radius 1 is 0.977 bits per heavy atom. The number of hydrogen-bond donors (Lipinski definition) is 0. The van der Waals surface area contributed by atoms with Gasteiger partial charge in [0.05, 0.1) is 21.5 Å². The van der Waals surface area contributed by atoms with Crippen molar-refractivity contribution in [1.82, 2.24) is 19.0 Å². The van der Waals surface area contributed by atoms with Gasteiger partial charge in [0.25, 0.3) is 5.91 Å². The number of nitrogens with zero attached hydrogens (tertiary/aromatic N) is 4. The predicted octanol–water partition coefficient (Wildman–Crippen LogP) is 6.92. The number of para-hydroxylation sites is 1. The van der Waals surface area contributed by atoms with Crippen LogP contribution in [0.1, 0.15) is 43.9 Å². The molecule has 0 saturated carbocycles. The van der Waals surface area contributed by atoms with E-state index in [0.717, 1.165) is 24.1 Å². The van der Waals surface area contributed by atoms with Crippen LogP contribution >= 0.6 is 24.0 Å². The van der Waals surface area contributed by atoms with Gasteiger partial charge < -0.3 is 0 Å². The normalized spacial score (nSPS) is 18.5. The zero-order valence-corrected chi connectivity index (χ0v) is 26.4. The van der Waals surface area contributed by atoms with Gasteiger partial charge in [-0.15, -0.1) is 0 Å². The Bertz CT molecular complexity index is 1800. The third-order valence-corrected chi connectivity index (χ3v) is 11.3. The van der Waals surface area contributed by atoms with E-state index in [9.17, 15) is 13.2 Å². The number of carbonyl (C=O) groups is 1. The summed E-state index contributed by atoms with van der Waals surface area (Å²) in [6.45, 7) is 5.16. The molecule has 10 heteroatoms. The monoisotopic (exact) mass is 628 g/mol. The van der Waals surface area contributed by atoms with E-state index in [0.29, 0.717) is 45.1 Å². The molecule has 4 aromatic rings. The number of rotatable bonds is 7. The van der Waals surface area contributed by atoms with Crippen molar-refractivity contribution in [3.05, 3.63) is 107 Å². The fraction of sp³-hybridized carbons (Fsp3) is 0.242. The number of thiocarbonyl (C=S) groups is 1. The first-order valence-electron chi connectivity index (χ1n) is 14.3. The molecule has 2 aliphatic rings. The van der Waals surface area contributed by atoms with Crippen LogP contribution in [0.2, 0.25) is 0 Å². The van der Waals surface area contributed by atoms with Crippen LogP contribution in [-0.2, 0) is 14.8 Å². The molecule has 1 amide bonds. The molecule has 0 aliphatic carbocycles. The van der Waals surface area contributed by atoms with Crippen LogP contribution in [0, 0.1) is 5.92 Å². The lowest BCUT2D eigenvalue weighted by molar-refractivity contribution is -0.123. The highest BCUT2D eigenvalue weighted by Crippen LogP contribution is 2.39. The van der Waals surface area contributed by atoms with E-state index in [2.05, 4.69) is 6.92 Å². The molecular formula is C33H32N4O3S3. The third kappa shape index (κ3) is 5.97. The van der Waals surface area contributed by atoms with Gasteiger partial charge in [0.2, 0.25) is 10.0 Å². The smallest absolute Gasteiger partial charge is 0.266 e. The fourth-order valence-corrected chi connectivity index (χ4v) is 8.37. The summed E-state index contributed by atoms with van der Waals surface area (Å²) in [4.78, 5) is 16.1. The Morgan fingerprint density at radius 2 is 1.65 bits per heavy atom. The number of benzene rings is 3. The molecule has 7 nitrogen and oxygen atoms in total. The molecule has 2 aliphatic heterocycles. The summed E-state index contributed by atoms with van der Waals surface area (Å²) in [6, 6.07) is 26.2. The number of aromatic nitrogens is 2. The zero-order valence-electron chi connectivity index (χ0n) is 24.0. The van der Waals surface area contributed by atoms with Crippen LogP contribution in [0.5, 0.6) is 0 Å². The SMILES string of the molecule is CC1CCN(S(=O)(=O)c2cccc(-c3nn(-c4ccccc4)cc3/C=C3\SC(=S)N(C(C)c4ccccc4)C3=O)c2)CC1. The van der Waals surface area contributed by atoms with Gasteiger partial charge in [-0.05, 0) is 61.6 Å². The average Bonchev–Trinajstić information content (AvgIpc) is 3.57. The fourth-order valence-electron chi connectivity index (χ4n) is 5.44. The summed E-state index contributed by atoms with van der Waals surface area (Å²) in [5, 5.41) is 4.88. The molecular weight excluding hydrogens is 597 g/mol. The van der Waals surface area contributed by atoms with Crippen molar-refractivity contribution < 1.29 is 13.2 Å². The van der Waals surface area contributed by atoms with E-state index in [4.69, 9.17) is 17.3 Å². The molecule has 1 aromatic heterocycles. The van der Waals surface area contributed by atoms with Gasteiger partial charge >= 0.3 is 0 Å². The molecule has 3 heterocycles. The highest BCUT2D eigenvalue weighted by atomic mass is 32.2. The van der Waals surface area contributed by atoms with Crippen molar-refractivity contribution in [3.63, 3.8) is 0 Å². The van der Waals surface area contributed by atoms with Crippen molar-refractivity contribution in [1.29, 1.82) is 0 Å². The molecule has 1 atom stereocenters. The Hall–Kier alpha value is -3.57. The number of thioether (sulfide) groups is 1. The first-order valence-corrected chi connectivity index (χ1v) is 17.0. The van der Waals surface area contributed by atoms with E-state index >= 15 is 0 Å².